The maximum atomic E-state index is 13.1. The van der Waals surface area contributed by atoms with Crippen molar-refractivity contribution in [3.63, 3.8) is 0 Å². The molecule has 3 aromatic carbocycles. The topological polar surface area (TPSA) is 66.1 Å². The molecule has 0 saturated carbocycles. The van der Waals surface area contributed by atoms with E-state index >= 15 is 0 Å². The SMILES string of the molecule is N#Cc1ccccc1Cn1cc(/C=C2/SC(=O)N(c3ccc(Cl)cc3)C2=O)c2ccccc21. The van der Waals surface area contributed by atoms with Gasteiger partial charge in [0.2, 0.25) is 0 Å². The van der Waals surface area contributed by atoms with Gasteiger partial charge in [-0.1, -0.05) is 48.0 Å². The number of anilines is 1. The maximum Gasteiger partial charge on any atom is 0.298 e. The number of benzene rings is 3. The van der Waals surface area contributed by atoms with E-state index < -0.39 is 0 Å². The van der Waals surface area contributed by atoms with Gasteiger partial charge in [0.1, 0.15) is 0 Å². The van der Waals surface area contributed by atoms with Crippen LogP contribution in [0.25, 0.3) is 17.0 Å². The highest BCUT2D eigenvalue weighted by molar-refractivity contribution is 8.19. The summed E-state index contributed by atoms with van der Waals surface area (Å²) in [6.07, 6.45) is 3.71. The molecule has 0 atom stereocenters. The molecule has 160 valence electrons. The number of rotatable bonds is 4. The van der Waals surface area contributed by atoms with E-state index in [1.54, 1.807) is 36.4 Å². The average molecular weight is 470 g/mol. The van der Waals surface area contributed by atoms with E-state index in [4.69, 9.17) is 11.6 Å². The fourth-order valence-electron chi connectivity index (χ4n) is 3.89. The van der Waals surface area contributed by atoms with Crippen molar-refractivity contribution >= 4 is 57.2 Å². The highest BCUT2D eigenvalue weighted by Crippen LogP contribution is 2.37. The number of imide groups is 1. The Bertz CT molecular complexity index is 1480. The zero-order valence-electron chi connectivity index (χ0n) is 17.2. The second-order valence-electron chi connectivity index (χ2n) is 7.49. The number of hydrogen-bond donors (Lipinski definition) is 0. The Balaban J connectivity index is 1.53. The minimum atomic E-state index is -0.362. The van der Waals surface area contributed by atoms with Crippen LogP contribution in [0.1, 0.15) is 16.7 Å². The van der Waals surface area contributed by atoms with Crippen molar-refractivity contribution < 1.29 is 9.59 Å². The van der Waals surface area contributed by atoms with Gasteiger partial charge in [-0.25, -0.2) is 4.90 Å². The van der Waals surface area contributed by atoms with Crippen molar-refractivity contribution in [3.8, 4) is 6.07 Å². The van der Waals surface area contributed by atoms with Gasteiger partial charge >= 0.3 is 0 Å². The van der Waals surface area contributed by atoms with E-state index in [1.807, 2.05) is 48.7 Å². The highest BCUT2D eigenvalue weighted by atomic mass is 35.5. The lowest BCUT2D eigenvalue weighted by Crippen LogP contribution is -2.27. The summed E-state index contributed by atoms with van der Waals surface area (Å²) in [4.78, 5) is 27.2. The van der Waals surface area contributed by atoms with Crippen molar-refractivity contribution in [1.29, 1.82) is 5.26 Å². The van der Waals surface area contributed by atoms with E-state index in [2.05, 4.69) is 10.6 Å². The second kappa shape index (κ2) is 8.62. The lowest BCUT2D eigenvalue weighted by Gasteiger charge is -2.12. The number of fused-ring (bicyclic) bond motifs is 1. The number of para-hydroxylation sites is 1. The molecule has 2 heterocycles. The van der Waals surface area contributed by atoms with Crippen LogP contribution in [0.2, 0.25) is 5.02 Å². The summed E-state index contributed by atoms with van der Waals surface area (Å²) in [5.74, 6) is -0.362. The van der Waals surface area contributed by atoms with Crippen LogP contribution >= 0.6 is 23.4 Å². The van der Waals surface area contributed by atoms with Crippen LogP contribution < -0.4 is 4.90 Å². The zero-order chi connectivity index (χ0) is 22.9. The Kier molecular flexibility index (Phi) is 5.51. The molecule has 33 heavy (non-hydrogen) atoms. The molecule has 0 N–H and O–H groups in total. The van der Waals surface area contributed by atoms with E-state index in [-0.39, 0.29) is 11.1 Å². The Morgan fingerprint density at radius 2 is 1.70 bits per heavy atom. The highest BCUT2D eigenvalue weighted by Gasteiger charge is 2.36. The molecule has 1 saturated heterocycles. The number of thioether (sulfide) groups is 1. The summed E-state index contributed by atoms with van der Waals surface area (Å²) in [6, 6.07) is 24.2. The van der Waals surface area contributed by atoms with Gasteiger partial charge in [-0.05, 0) is 59.8 Å². The molecule has 5 nitrogen and oxygen atoms in total. The van der Waals surface area contributed by atoms with Crippen molar-refractivity contribution in [1.82, 2.24) is 4.57 Å². The van der Waals surface area contributed by atoms with Gasteiger partial charge in [-0.15, -0.1) is 0 Å². The van der Waals surface area contributed by atoms with E-state index in [0.717, 1.165) is 38.7 Å². The molecule has 0 aliphatic carbocycles. The number of carbonyl (C=O) groups excluding carboxylic acids is 2. The third kappa shape index (κ3) is 3.93. The number of carbonyl (C=O) groups is 2. The van der Waals surface area contributed by atoms with Crippen LogP contribution in [-0.4, -0.2) is 15.7 Å². The first-order valence-electron chi connectivity index (χ1n) is 10.1. The fourth-order valence-corrected chi connectivity index (χ4v) is 4.85. The predicted octanol–water partition coefficient (Wildman–Crippen LogP) is 6.46. The maximum absolute atomic E-state index is 13.1. The molecule has 5 rings (SSSR count). The molecule has 2 amide bonds. The van der Waals surface area contributed by atoms with Gasteiger partial charge < -0.3 is 4.57 Å². The molecule has 1 aliphatic heterocycles. The quantitative estimate of drug-likeness (QED) is 0.322. The first-order valence-corrected chi connectivity index (χ1v) is 11.3. The molecule has 0 unspecified atom stereocenters. The minimum Gasteiger partial charge on any atom is -0.342 e. The molecule has 0 bridgehead atoms. The van der Waals surface area contributed by atoms with Crippen molar-refractivity contribution in [2.24, 2.45) is 0 Å². The first kappa shape index (κ1) is 21.1. The fraction of sp³-hybridized carbons (Fsp3) is 0.0385. The Hall–Kier alpha value is -3.79. The smallest absolute Gasteiger partial charge is 0.298 e. The van der Waals surface area contributed by atoms with Gasteiger partial charge in [0.05, 0.1) is 22.2 Å². The molecular formula is C26H16ClN3O2S. The summed E-state index contributed by atoms with van der Waals surface area (Å²) in [5.41, 5.74) is 3.84. The third-order valence-electron chi connectivity index (χ3n) is 5.46. The standard InChI is InChI=1S/C26H16ClN3O2S/c27-20-9-11-21(12-10-20)30-25(31)24(33-26(30)32)13-19-16-29(23-8-4-3-7-22(19)23)15-18-6-2-1-5-17(18)14-28/h1-13,16H,15H2/b24-13+. The lowest BCUT2D eigenvalue weighted by molar-refractivity contribution is -0.113. The largest absolute Gasteiger partial charge is 0.342 e. The first-order chi connectivity index (χ1) is 16.0. The molecule has 0 spiro atoms. The van der Waals surface area contributed by atoms with Gasteiger partial charge in [-0.2, -0.15) is 5.26 Å². The summed E-state index contributed by atoms with van der Waals surface area (Å²) < 4.78 is 2.06. The van der Waals surface area contributed by atoms with Gasteiger partial charge in [0, 0.05) is 34.2 Å². The number of hydrogen-bond acceptors (Lipinski definition) is 4. The summed E-state index contributed by atoms with van der Waals surface area (Å²) in [7, 11) is 0. The molecule has 7 heteroatoms. The molecule has 0 radical (unpaired) electrons. The minimum absolute atomic E-state index is 0.347. The Morgan fingerprint density at radius 1 is 0.970 bits per heavy atom. The normalized spacial score (nSPS) is 14.9. The summed E-state index contributed by atoms with van der Waals surface area (Å²) >= 11 is 6.85. The number of nitrogens with zero attached hydrogens (tertiary/aromatic N) is 3. The van der Waals surface area contributed by atoms with Crippen molar-refractivity contribution in [2.45, 2.75) is 6.54 Å². The van der Waals surface area contributed by atoms with E-state index in [1.165, 1.54) is 0 Å². The van der Waals surface area contributed by atoms with Crippen LogP contribution in [0.3, 0.4) is 0 Å². The number of aromatic nitrogens is 1. The molecule has 1 aliphatic rings. The third-order valence-corrected chi connectivity index (χ3v) is 6.58. The molecule has 1 aromatic heterocycles. The number of nitriles is 1. The Labute approximate surface area is 199 Å². The monoisotopic (exact) mass is 469 g/mol. The van der Waals surface area contributed by atoms with Gasteiger partial charge in [-0.3, -0.25) is 9.59 Å². The van der Waals surface area contributed by atoms with Crippen LogP contribution in [-0.2, 0) is 11.3 Å². The van der Waals surface area contributed by atoms with E-state index in [0.29, 0.717) is 27.7 Å². The molecule has 4 aromatic rings. The van der Waals surface area contributed by atoms with Crippen molar-refractivity contribution in [3.05, 3.63) is 106 Å². The number of halogens is 1. The van der Waals surface area contributed by atoms with E-state index in [9.17, 15) is 14.9 Å². The zero-order valence-corrected chi connectivity index (χ0v) is 18.8. The molecular weight excluding hydrogens is 454 g/mol. The van der Waals surface area contributed by atoms with Gasteiger partial charge in [0.15, 0.2) is 0 Å². The predicted molar refractivity (Wildman–Crippen MR) is 132 cm³/mol. The van der Waals surface area contributed by atoms with Crippen LogP contribution in [0.15, 0.2) is 83.9 Å². The van der Waals surface area contributed by atoms with Crippen molar-refractivity contribution in [2.75, 3.05) is 4.90 Å². The second-order valence-corrected chi connectivity index (χ2v) is 8.92. The number of amides is 2. The van der Waals surface area contributed by atoms with Gasteiger partial charge in [0.25, 0.3) is 11.1 Å². The molecule has 1 fully saturated rings. The lowest BCUT2D eigenvalue weighted by atomic mass is 10.1. The van der Waals surface area contributed by atoms with Crippen LogP contribution in [0.4, 0.5) is 10.5 Å². The summed E-state index contributed by atoms with van der Waals surface area (Å²) in [5, 5.41) is 10.6. The Morgan fingerprint density at radius 3 is 2.48 bits per heavy atom. The van der Waals surface area contributed by atoms with Crippen LogP contribution in [0.5, 0.6) is 0 Å². The van der Waals surface area contributed by atoms with Crippen LogP contribution in [0, 0.1) is 11.3 Å². The average Bonchev–Trinajstić information content (AvgIpc) is 3.31. The summed E-state index contributed by atoms with van der Waals surface area (Å²) in [6.45, 7) is 0.518.